The van der Waals surface area contributed by atoms with Crippen LogP contribution in [0, 0.1) is 6.07 Å². The van der Waals surface area contributed by atoms with Gasteiger partial charge >= 0.3 is 428 Å². The van der Waals surface area contributed by atoms with Crippen LogP contribution < -0.4 is 40.5 Å². The van der Waals surface area contributed by atoms with Crippen molar-refractivity contribution in [1.29, 1.82) is 0 Å². The maximum absolute atomic E-state index is 12.8. The summed E-state index contributed by atoms with van der Waals surface area (Å²) in [6, 6.07) is 35.8. The van der Waals surface area contributed by atoms with Crippen LogP contribution in [0.1, 0.15) is 22.3 Å². The molecule has 8 aromatic carbocycles. The monoisotopic (exact) mass is 1060 g/mol. The van der Waals surface area contributed by atoms with Gasteiger partial charge in [-0.15, -0.1) is 0 Å². The number of aliphatic imine (C=N–C) groups is 4. The van der Waals surface area contributed by atoms with Crippen molar-refractivity contribution in [2.45, 2.75) is 14.7 Å². The molecule has 1 radical (unpaired) electrons. The van der Waals surface area contributed by atoms with E-state index in [4.69, 9.17) is 30.0 Å². The van der Waals surface area contributed by atoms with E-state index in [1.807, 2.05) is 30.8 Å². The molecule has 23 heteroatoms. The molecule has 4 aliphatic rings. The molecular weight excluding hydrogens is 1040 g/mol. The Morgan fingerprint density at radius 1 is 0.423 bits per heavy atom. The van der Waals surface area contributed by atoms with E-state index in [0.717, 1.165) is 10.8 Å². The molecule has 6 bridgehead atoms. The van der Waals surface area contributed by atoms with Gasteiger partial charge in [0.15, 0.2) is 0 Å². The van der Waals surface area contributed by atoms with Gasteiger partial charge in [-0.3, -0.25) is 0 Å². The topological polar surface area (TPSA) is 287 Å². The van der Waals surface area contributed by atoms with Crippen molar-refractivity contribution in [3.8, 4) is 0 Å². The zero-order valence-electron chi connectivity index (χ0n) is 36.1. The number of fused-ring (bicyclic) bond motifs is 18. The molecule has 0 saturated carbocycles. The molecule has 0 saturated heterocycles. The standard InChI is InChI=1S/C48H23N8O9S3.Ga.Na.H2O/c57-66(58,59)38-11-3-8-24-16-32-35(19-27(24)38)47-52-43(32)50-41-30-14-22-6-1-2-7-23(22)15-31(30)42(49-41)51-46-36-20-28-25(9-4-12-39(28)67(60,61)62)17-33(36)44(53-46)55-48-37-21-29-26(18-34(37)45(54-47)56-48)10-5-13-40(29)68(63,64)65;;;/h1-5,7-21H,(H3-2,49,50,51,52,53,54,55,56,57,58,59,60,61,62,63,64,65);;;1H2/q-3;+2;+1;/p-3. The van der Waals surface area contributed by atoms with Gasteiger partial charge in [0.1, 0.15) is 0 Å². The number of hydrogen-bond donors (Lipinski definition) is 0. The van der Waals surface area contributed by atoms with Gasteiger partial charge in [-0.25, -0.2) is 0 Å². The molecule has 71 heavy (non-hydrogen) atoms. The van der Waals surface area contributed by atoms with Crippen LogP contribution in [-0.2, 0) is 30.4 Å². The zero-order chi connectivity index (χ0) is 47.0. The predicted octanol–water partition coefficient (Wildman–Crippen LogP) is 1.77. The molecular formula is C48H22GaN8NaO10S3-3. The second-order valence-corrected chi connectivity index (χ2v) is 23.5. The van der Waals surface area contributed by atoms with Gasteiger partial charge in [-0.2, -0.15) is 0 Å². The first-order chi connectivity index (χ1) is 33.0. The maximum Gasteiger partial charge on any atom is 1.00 e. The van der Waals surface area contributed by atoms with E-state index in [0.29, 0.717) is 82.9 Å². The van der Waals surface area contributed by atoms with E-state index < -0.39 is 62.9 Å². The smallest absolute Gasteiger partial charge is 1.00 e. The van der Waals surface area contributed by atoms with E-state index in [2.05, 4.69) is 6.07 Å². The molecule has 2 N–H and O–H groups in total. The van der Waals surface area contributed by atoms with E-state index >= 15 is 0 Å². The van der Waals surface area contributed by atoms with Crippen molar-refractivity contribution in [2.75, 3.05) is 0 Å². The van der Waals surface area contributed by atoms with Crippen molar-refractivity contribution in [2.24, 2.45) is 30.0 Å². The Morgan fingerprint density at radius 3 is 1.38 bits per heavy atom. The normalized spacial score (nSPS) is 14.6. The van der Waals surface area contributed by atoms with Crippen molar-refractivity contribution in [3.63, 3.8) is 0 Å². The molecule has 14 rings (SSSR count). The summed E-state index contributed by atoms with van der Waals surface area (Å²) >= 11 is -2.37. The van der Waals surface area contributed by atoms with E-state index in [9.17, 15) is 38.9 Å². The Morgan fingerprint density at radius 2 is 0.831 bits per heavy atom. The number of amidine groups is 4. The van der Waals surface area contributed by atoms with Gasteiger partial charge in [-0.1, -0.05) is 0 Å². The van der Waals surface area contributed by atoms with E-state index in [1.54, 1.807) is 54.6 Å². The average molecular weight is 1060 g/mol. The Balaban J connectivity index is 0.00000259. The first-order valence-corrected chi connectivity index (χ1v) is 27.2. The minimum absolute atomic E-state index is 0. The predicted molar refractivity (Wildman–Crippen MR) is 257 cm³/mol. The number of rotatable bonds is 3. The first-order valence-electron chi connectivity index (χ1n) is 20.8. The van der Waals surface area contributed by atoms with Gasteiger partial charge < -0.3 is 5.48 Å². The molecule has 0 amide bonds. The van der Waals surface area contributed by atoms with Crippen LogP contribution in [0.25, 0.3) is 64.6 Å². The number of hydrogen-bond acceptors (Lipinski definition) is 15. The molecule has 4 aliphatic heterocycles. The Labute approximate surface area is 430 Å². The molecule has 0 unspecified atom stereocenters. The summed E-state index contributed by atoms with van der Waals surface area (Å²) in [6.45, 7) is 0. The molecule has 6 heterocycles. The van der Waals surface area contributed by atoms with Crippen molar-refractivity contribution in [3.05, 3.63) is 161 Å². The fourth-order valence-corrected chi connectivity index (χ4v) is 15.0. The first kappa shape index (κ1) is 45.6. The molecule has 2 aromatic heterocycles. The van der Waals surface area contributed by atoms with Crippen molar-refractivity contribution in [1.82, 2.24) is 6.55 Å². The second-order valence-electron chi connectivity index (χ2n) is 16.8. The summed E-state index contributed by atoms with van der Waals surface area (Å²) in [5, 5.41) is 5.14. The maximum atomic E-state index is 12.8. The molecule has 10 aromatic rings. The number of nitrogens with zero attached hydrogens (tertiary/aromatic N) is 8. The molecule has 0 spiro atoms. The second kappa shape index (κ2) is 15.5. The third-order valence-corrected chi connectivity index (χ3v) is 18.6. The van der Waals surface area contributed by atoms with Gasteiger partial charge in [0, 0.05) is 0 Å². The van der Waals surface area contributed by atoms with Crippen LogP contribution in [0.15, 0.2) is 166 Å². The Bertz CT molecular complexity index is 4860. The van der Waals surface area contributed by atoms with Crippen molar-refractivity contribution < 1.29 is 73.9 Å². The average Bonchev–Trinajstić information content (AvgIpc) is 3.99. The number of benzene rings is 8. The minimum atomic E-state index is -4.98. The van der Waals surface area contributed by atoms with Gasteiger partial charge in [0.2, 0.25) is 0 Å². The van der Waals surface area contributed by atoms with Crippen LogP contribution in [0.3, 0.4) is 0 Å². The largest absolute Gasteiger partial charge is 1.00 e. The molecule has 339 valence electrons. The fraction of sp³-hybridized carbons (Fsp3) is 0. The summed E-state index contributed by atoms with van der Waals surface area (Å²) in [7, 11) is -14.9. The Kier molecular flexibility index (Phi) is 9.95. The van der Waals surface area contributed by atoms with Crippen LogP contribution in [0.5, 0.6) is 0 Å². The SMILES string of the molecule is O.O=S(=O)([O-])c1cccc2cc3c(cc12)C1=Nc2c4cc5cccc(S(=O)(=O)[O-])c5cc4c4[n]2[Ga][n]2c(c5cc6cccc(S(=O)(=O)[O-])c6cc5c2=NC3=N1)=NC1=NC(=N4)c2cc3ccc[c-]c3cc21.[Na+]. The fourth-order valence-electron chi connectivity index (χ4n) is 9.89. The Hall–Kier alpha value is -6.51. The van der Waals surface area contributed by atoms with Crippen LogP contribution in [0.2, 0.25) is 0 Å². The summed E-state index contributed by atoms with van der Waals surface area (Å²) in [5.74, 6) is 1.43. The number of aromatic nitrogens is 2. The zero-order valence-corrected chi connectivity index (χ0v) is 43.0. The quantitative estimate of drug-likeness (QED) is 0.141. The van der Waals surface area contributed by atoms with Crippen molar-refractivity contribution >= 4 is 148 Å². The van der Waals surface area contributed by atoms with Crippen LogP contribution in [-0.4, -0.2) is 92.2 Å². The van der Waals surface area contributed by atoms with Gasteiger partial charge in [0.25, 0.3) is 0 Å². The summed E-state index contributed by atoms with van der Waals surface area (Å²) in [4.78, 5) is 29.8. The van der Waals surface area contributed by atoms with E-state index in [1.165, 1.54) is 42.5 Å². The van der Waals surface area contributed by atoms with Crippen LogP contribution >= 0.6 is 0 Å². The van der Waals surface area contributed by atoms with Gasteiger partial charge in [0.05, 0.1) is 0 Å². The third kappa shape index (κ3) is 6.76. The summed E-state index contributed by atoms with van der Waals surface area (Å²) < 4.78 is 118. The molecule has 0 fully saturated rings. The molecule has 0 atom stereocenters. The van der Waals surface area contributed by atoms with E-state index in [-0.39, 0.29) is 74.2 Å². The molecule has 18 nitrogen and oxygen atoms in total. The van der Waals surface area contributed by atoms with Gasteiger partial charge in [-0.05, 0) is 0 Å². The molecule has 0 aliphatic carbocycles. The summed E-state index contributed by atoms with van der Waals surface area (Å²) in [5.41, 5.74) is 2.70. The minimum Gasteiger partial charge on any atom is 1.00 e. The summed E-state index contributed by atoms with van der Waals surface area (Å²) in [6.07, 6.45) is 0. The van der Waals surface area contributed by atoms with Crippen LogP contribution in [0.4, 0.5) is 11.6 Å². The third-order valence-electron chi connectivity index (χ3n) is 12.9.